The molecule has 0 saturated heterocycles. The molecule has 0 saturated carbocycles. The second-order valence-corrected chi connectivity index (χ2v) is 7.63. The standard InChI is InChI=1S/C18H20N2P.BF4/c1-2-13-19-14-15-20(16-19)21(17-9-5-3-6-10-17)18-11-7-4-8-12-18;2-1(3,4)5/h3-12,14-16H,2,13H2,1H3;/q+1;-1. The van der Waals surface area contributed by atoms with E-state index in [0.717, 1.165) is 13.0 Å². The molecule has 26 heavy (non-hydrogen) atoms. The van der Waals surface area contributed by atoms with E-state index < -0.39 is 15.3 Å². The van der Waals surface area contributed by atoms with Crippen LogP contribution in [0.15, 0.2) is 79.4 Å². The van der Waals surface area contributed by atoms with Gasteiger partial charge in [-0.1, -0.05) is 67.6 Å². The van der Waals surface area contributed by atoms with Gasteiger partial charge in [0.05, 0.1) is 6.54 Å². The zero-order valence-electron chi connectivity index (χ0n) is 14.4. The Morgan fingerprint density at radius 3 is 1.77 bits per heavy atom. The van der Waals surface area contributed by atoms with Gasteiger partial charge in [-0.05, 0) is 6.42 Å². The molecule has 0 N–H and O–H groups in total. The second kappa shape index (κ2) is 9.53. The van der Waals surface area contributed by atoms with Crippen molar-refractivity contribution in [3.8, 4) is 0 Å². The van der Waals surface area contributed by atoms with E-state index in [0.29, 0.717) is 0 Å². The van der Waals surface area contributed by atoms with E-state index in [2.05, 4.69) is 95.2 Å². The van der Waals surface area contributed by atoms with Crippen LogP contribution < -0.4 is 15.2 Å². The van der Waals surface area contributed by atoms with Gasteiger partial charge in [0.2, 0.25) is 6.33 Å². The van der Waals surface area contributed by atoms with Gasteiger partial charge in [0.25, 0.3) is 0 Å². The molecule has 0 amide bonds. The molecule has 8 heteroatoms. The van der Waals surface area contributed by atoms with Crippen molar-refractivity contribution in [1.29, 1.82) is 0 Å². The molecule has 0 aliphatic rings. The summed E-state index contributed by atoms with van der Waals surface area (Å²) in [6.45, 7) is 3.28. The summed E-state index contributed by atoms with van der Waals surface area (Å²) in [5.74, 6) is 0. The van der Waals surface area contributed by atoms with Gasteiger partial charge in [0.15, 0.2) is 8.07 Å². The van der Waals surface area contributed by atoms with E-state index in [1.165, 1.54) is 10.6 Å². The number of aromatic nitrogens is 2. The maximum Gasteiger partial charge on any atom is 0.673 e. The number of hydrogen-bond acceptors (Lipinski definition) is 0. The van der Waals surface area contributed by atoms with Crippen LogP contribution in [0.5, 0.6) is 0 Å². The van der Waals surface area contributed by atoms with Crippen LogP contribution in [0, 0.1) is 0 Å². The fourth-order valence-corrected chi connectivity index (χ4v) is 4.62. The van der Waals surface area contributed by atoms with E-state index >= 15 is 0 Å². The van der Waals surface area contributed by atoms with Crippen molar-refractivity contribution in [2.45, 2.75) is 19.9 Å². The molecule has 1 heterocycles. The van der Waals surface area contributed by atoms with E-state index in [9.17, 15) is 17.3 Å². The lowest BCUT2D eigenvalue weighted by Crippen LogP contribution is -2.30. The van der Waals surface area contributed by atoms with Gasteiger partial charge in [-0.2, -0.15) is 0 Å². The predicted molar refractivity (Wildman–Crippen MR) is 99.6 cm³/mol. The monoisotopic (exact) mass is 382 g/mol. The molecule has 0 unspecified atom stereocenters. The van der Waals surface area contributed by atoms with Crippen molar-refractivity contribution in [2.75, 3.05) is 0 Å². The Morgan fingerprint density at radius 1 is 0.885 bits per heavy atom. The van der Waals surface area contributed by atoms with Crippen LogP contribution in [0.1, 0.15) is 13.3 Å². The zero-order valence-corrected chi connectivity index (χ0v) is 15.2. The van der Waals surface area contributed by atoms with Gasteiger partial charge in [-0.15, -0.1) is 0 Å². The van der Waals surface area contributed by atoms with E-state index in [-0.39, 0.29) is 0 Å². The quantitative estimate of drug-likeness (QED) is 0.268. The molecule has 1 aromatic heterocycles. The van der Waals surface area contributed by atoms with Gasteiger partial charge in [0.1, 0.15) is 12.4 Å². The molecule has 0 aliphatic heterocycles. The Hall–Kier alpha value is -2.14. The molecule has 0 atom stereocenters. The molecular formula is C18H20BF4N2P. The molecule has 2 nitrogen and oxygen atoms in total. The van der Waals surface area contributed by atoms with E-state index in [1.807, 2.05) is 0 Å². The molecule has 0 bridgehead atoms. The molecule has 0 spiro atoms. The zero-order chi connectivity index (χ0) is 19.0. The number of imidazole rings is 1. The molecule has 3 rings (SSSR count). The topological polar surface area (TPSA) is 8.81 Å². The molecular weight excluding hydrogens is 362 g/mol. The van der Waals surface area contributed by atoms with Crippen LogP contribution in [-0.4, -0.2) is 11.6 Å². The summed E-state index contributed by atoms with van der Waals surface area (Å²) in [7, 11) is -6.54. The van der Waals surface area contributed by atoms with Crippen molar-refractivity contribution < 1.29 is 21.8 Å². The summed E-state index contributed by atoms with van der Waals surface area (Å²) >= 11 is 0. The number of nitrogens with zero attached hydrogens (tertiary/aromatic N) is 2. The average Bonchev–Trinajstić information content (AvgIpc) is 3.04. The summed E-state index contributed by atoms with van der Waals surface area (Å²) in [5.41, 5.74) is 0. The summed E-state index contributed by atoms with van der Waals surface area (Å²) in [6.07, 6.45) is 7.75. The smallest absolute Gasteiger partial charge is 0.418 e. The Balaban J connectivity index is 0.000000431. The highest BCUT2D eigenvalue weighted by Crippen LogP contribution is 2.34. The molecule has 0 aliphatic carbocycles. The first-order valence-corrected chi connectivity index (χ1v) is 9.53. The van der Waals surface area contributed by atoms with Gasteiger partial charge < -0.3 is 17.3 Å². The maximum absolute atomic E-state index is 9.75. The average molecular weight is 382 g/mol. The third-order valence-electron chi connectivity index (χ3n) is 3.39. The summed E-state index contributed by atoms with van der Waals surface area (Å²) in [5, 5.41) is 2.75. The minimum atomic E-state index is -6.00. The Labute approximate surface area is 152 Å². The fourth-order valence-electron chi connectivity index (χ4n) is 2.45. The molecule has 2 aromatic carbocycles. The number of rotatable bonds is 5. The van der Waals surface area contributed by atoms with E-state index in [4.69, 9.17) is 0 Å². The van der Waals surface area contributed by atoms with Crippen LogP contribution in [-0.2, 0) is 6.54 Å². The minimum Gasteiger partial charge on any atom is -0.418 e. The predicted octanol–water partition coefficient (Wildman–Crippen LogP) is 4.38. The van der Waals surface area contributed by atoms with Crippen molar-refractivity contribution in [3.05, 3.63) is 79.4 Å². The number of aryl methyl sites for hydroxylation is 1. The van der Waals surface area contributed by atoms with Crippen molar-refractivity contribution >= 4 is 25.9 Å². The first-order chi connectivity index (χ1) is 12.4. The summed E-state index contributed by atoms with van der Waals surface area (Å²) < 4.78 is 43.6. The fraction of sp³-hybridized carbons (Fsp3) is 0.167. The van der Waals surface area contributed by atoms with Crippen molar-refractivity contribution in [3.63, 3.8) is 0 Å². The second-order valence-electron chi connectivity index (χ2n) is 5.51. The normalized spacial score (nSPS) is 11.2. The molecule has 0 fully saturated rings. The number of hydrogen-bond donors (Lipinski definition) is 0. The largest absolute Gasteiger partial charge is 0.673 e. The Bertz CT molecular complexity index is 733. The first-order valence-electron chi connectivity index (χ1n) is 8.23. The third-order valence-corrected chi connectivity index (χ3v) is 5.66. The SMILES string of the molecule is CCC[n+]1ccn(P(c2ccccc2)c2ccccc2)c1.F[B-](F)(F)F. The van der Waals surface area contributed by atoms with Crippen LogP contribution in [0.4, 0.5) is 17.3 Å². The van der Waals surface area contributed by atoms with Gasteiger partial charge in [0, 0.05) is 10.6 Å². The number of halogens is 4. The molecule has 138 valence electrons. The highest BCUT2D eigenvalue weighted by Gasteiger charge is 2.22. The Morgan fingerprint density at radius 2 is 1.35 bits per heavy atom. The van der Waals surface area contributed by atoms with Crippen LogP contribution in [0.3, 0.4) is 0 Å². The molecule has 0 radical (unpaired) electrons. The van der Waals surface area contributed by atoms with Crippen LogP contribution >= 0.6 is 8.07 Å². The van der Waals surface area contributed by atoms with Gasteiger partial charge in [-0.3, -0.25) is 0 Å². The van der Waals surface area contributed by atoms with Crippen LogP contribution in [0.2, 0.25) is 0 Å². The van der Waals surface area contributed by atoms with Crippen LogP contribution in [0.25, 0.3) is 0 Å². The highest BCUT2D eigenvalue weighted by atomic mass is 31.1. The van der Waals surface area contributed by atoms with Gasteiger partial charge >= 0.3 is 7.25 Å². The lowest BCUT2D eigenvalue weighted by Gasteiger charge is -2.13. The van der Waals surface area contributed by atoms with Crippen molar-refractivity contribution in [2.24, 2.45) is 0 Å². The highest BCUT2D eigenvalue weighted by molar-refractivity contribution is 7.71. The van der Waals surface area contributed by atoms with Gasteiger partial charge in [-0.25, -0.2) is 8.90 Å². The first kappa shape index (κ1) is 20.2. The Kier molecular flexibility index (Phi) is 7.40. The number of benzene rings is 2. The summed E-state index contributed by atoms with van der Waals surface area (Å²) in [6, 6.07) is 21.5. The van der Waals surface area contributed by atoms with E-state index in [1.54, 1.807) is 0 Å². The lowest BCUT2D eigenvalue weighted by atomic mass is 10.3. The molecule has 3 aromatic rings. The third kappa shape index (κ3) is 6.64. The lowest BCUT2D eigenvalue weighted by molar-refractivity contribution is -0.695. The summed E-state index contributed by atoms with van der Waals surface area (Å²) in [4.78, 5) is 0. The minimum absolute atomic E-state index is 0.540. The maximum atomic E-state index is 9.75. The van der Waals surface area contributed by atoms with Crippen molar-refractivity contribution in [1.82, 2.24) is 4.34 Å².